The summed E-state index contributed by atoms with van der Waals surface area (Å²) < 4.78 is 20.7. The summed E-state index contributed by atoms with van der Waals surface area (Å²) in [4.78, 5) is 0. The Labute approximate surface area is 54.9 Å². The Morgan fingerprint density at radius 2 is 1.50 bits per heavy atom. The lowest BCUT2D eigenvalue weighted by atomic mass is 10.6. The highest BCUT2D eigenvalue weighted by atomic mass is 35.5. The summed E-state index contributed by atoms with van der Waals surface area (Å²) in [5, 5.41) is 0. The van der Waals surface area contributed by atoms with E-state index in [0.717, 1.165) is 0 Å². The maximum absolute atomic E-state index is 10.4. The monoisotopic (exact) mass is 154 g/mol. The molecule has 0 saturated carbocycles. The second-order valence-corrected chi connectivity index (χ2v) is 3.70. The van der Waals surface area contributed by atoms with Crippen LogP contribution in [0.5, 0.6) is 0 Å². The van der Waals surface area contributed by atoms with Crippen LogP contribution >= 0.6 is 12.4 Å². The van der Waals surface area contributed by atoms with Crippen molar-refractivity contribution in [3.63, 3.8) is 0 Å². The van der Waals surface area contributed by atoms with Gasteiger partial charge in [0.05, 0.1) is 11.5 Å². The van der Waals surface area contributed by atoms with Crippen molar-refractivity contribution in [2.45, 2.75) is 0 Å². The second kappa shape index (κ2) is 2.51. The summed E-state index contributed by atoms with van der Waals surface area (Å²) in [6.45, 7) is 0. The van der Waals surface area contributed by atoms with Crippen molar-refractivity contribution >= 4 is 22.2 Å². The maximum Gasteiger partial charge on any atom is 0.157 e. The van der Waals surface area contributed by atoms with Crippen molar-refractivity contribution in [2.75, 3.05) is 11.5 Å². The third-order valence-corrected chi connectivity index (χ3v) is 2.27. The third kappa shape index (κ3) is 1.84. The van der Waals surface area contributed by atoms with E-state index in [1.807, 2.05) is 0 Å². The van der Waals surface area contributed by atoms with Crippen LogP contribution in [0.4, 0.5) is 0 Å². The summed E-state index contributed by atoms with van der Waals surface area (Å²) in [5.41, 5.74) is 0. The van der Waals surface area contributed by atoms with Gasteiger partial charge in [-0.05, 0) is 0 Å². The lowest BCUT2D eigenvalue weighted by molar-refractivity contribution is 0.603. The first-order chi connectivity index (χ1) is 3.21. The van der Waals surface area contributed by atoms with E-state index in [9.17, 15) is 8.42 Å². The molecule has 0 unspecified atom stereocenters. The fourth-order valence-corrected chi connectivity index (χ4v) is 1.49. The molecule has 8 heavy (non-hydrogen) atoms. The van der Waals surface area contributed by atoms with Crippen LogP contribution in [-0.4, -0.2) is 19.9 Å². The van der Waals surface area contributed by atoms with E-state index in [4.69, 9.17) is 0 Å². The van der Waals surface area contributed by atoms with E-state index < -0.39 is 9.84 Å². The van der Waals surface area contributed by atoms with Gasteiger partial charge in [-0.1, -0.05) is 12.2 Å². The van der Waals surface area contributed by atoms with E-state index in [1.165, 1.54) is 0 Å². The van der Waals surface area contributed by atoms with Crippen LogP contribution in [0.25, 0.3) is 0 Å². The van der Waals surface area contributed by atoms with Gasteiger partial charge in [0, 0.05) is 0 Å². The number of hydrogen-bond acceptors (Lipinski definition) is 2. The van der Waals surface area contributed by atoms with Crippen molar-refractivity contribution in [2.24, 2.45) is 0 Å². The predicted molar refractivity (Wildman–Crippen MR) is 35.0 cm³/mol. The quantitative estimate of drug-likeness (QED) is 0.473. The smallest absolute Gasteiger partial charge is 0.157 e. The standard InChI is InChI=1S/C4H6O2S.ClH/c5-7(6)3-1-2-4-7;/h1-2H,3-4H2;1H. The molecule has 0 atom stereocenters. The molecule has 0 spiro atoms. The van der Waals surface area contributed by atoms with Gasteiger partial charge in [0.15, 0.2) is 9.84 Å². The molecule has 0 N–H and O–H groups in total. The second-order valence-electron chi connectivity index (χ2n) is 1.55. The van der Waals surface area contributed by atoms with E-state index in [1.54, 1.807) is 12.2 Å². The largest absolute Gasteiger partial charge is 0.228 e. The molecule has 1 aliphatic heterocycles. The van der Waals surface area contributed by atoms with Gasteiger partial charge >= 0.3 is 0 Å². The van der Waals surface area contributed by atoms with Crippen LogP contribution in [0.1, 0.15) is 0 Å². The number of rotatable bonds is 0. The molecule has 1 aliphatic rings. The van der Waals surface area contributed by atoms with Crippen molar-refractivity contribution in [1.29, 1.82) is 0 Å². The zero-order valence-corrected chi connectivity index (χ0v) is 5.83. The summed E-state index contributed by atoms with van der Waals surface area (Å²) >= 11 is 0. The minimum Gasteiger partial charge on any atom is -0.228 e. The van der Waals surface area contributed by atoms with Crippen molar-refractivity contribution in [1.82, 2.24) is 0 Å². The summed E-state index contributed by atoms with van der Waals surface area (Å²) in [5.74, 6) is 0.486. The molecule has 2 nitrogen and oxygen atoms in total. The maximum atomic E-state index is 10.4. The summed E-state index contributed by atoms with van der Waals surface area (Å²) in [6.07, 6.45) is 3.35. The van der Waals surface area contributed by atoms with Gasteiger partial charge in [0.25, 0.3) is 0 Å². The minimum absolute atomic E-state index is 0. The Kier molecular flexibility index (Phi) is 2.50. The number of halogens is 1. The lowest BCUT2D eigenvalue weighted by Crippen LogP contribution is -1.99. The van der Waals surface area contributed by atoms with Gasteiger partial charge < -0.3 is 0 Å². The Morgan fingerprint density at radius 1 is 1.12 bits per heavy atom. The molecule has 1 rings (SSSR count). The molecule has 0 bridgehead atoms. The predicted octanol–water partition coefficient (Wildman–Crippen LogP) is 0.393. The number of hydrogen-bond donors (Lipinski definition) is 0. The molecule has 0 aliphatic carbocycles. The van der Waals surface area contributed by atoms with Crippen LogP contribution in [0.3, 0.4) is 0 Å². The van der Waals surface area contributed by atoms with Crippen molar-refractivity contribution < 1.29 is 8.42 Å². The van der Waals surface area contributed by atoms with Crippen molar-refractivity contribution in [3.8, 4) is 0 Å². The fraction of sp³-hybridized carbons (Fsp3) is 0.500. The molecular formula is C4H7ClO2S. The average molecular weight is 155 g/mol. The topological polar surface area (TPSA) is 34.1 Å². The molecule has 0 radical (unpaired) electrons. The van der Waals surface area contributed by atoms with Crippen molar-refractivity contribution in [3.05, 3.63) is 12.2 Å². The molecular weight excluding hydrogens is 148 g/mol. The van der Waals surface area contributed by atoms with E-state index in [-0.39, 0.29) is 23.9 Å². The fourth-order valence-electron chi connectivity index (χ4n) is 0.497. The molecule has 0 fully saturated rings. The lowest BCUT2D eigenvalue weighted by Gasteiger charge is -1.82. The van der Waals surface area contributed by atoms with E-state index in [2.05, 4.69) is 0 Å². The van der Waals surface area contributed by atoms with Crippen LogP contribution in [0.2, 0.25) is 0 Å². The normalized spacial score (nSPS) is 22.5. The van der Waals surface area contributed by atoms with Gasteiger partial charge in [-0.3, -0.25) is 0 Å². The number of sulfone groups is 1. The molecule has 48 valence electrons. The third-order valence-electron chi connectivity index (χ3n) is 0.867. The van der Waals surface area contributed by atoms with Crippen LogP contribution < -0.4 is 0 Å². The molecule has 0 aromatic heterocycles. The SMILES string of the molecule is Cl.O=S1(=O)CC=CC1. The molecule has 4 heteroatoms. The molecule has 0 saturated heterocycles. The van der Waals surface area contributed by atoms with Gasteiger partial charge in [-0.2, -0.15) is 0 Å². The van der Waals surface area contributed by atoms with Gasteiger partial charge in [-0.25, -0.2) is 8.42 Å². The molecule has 0 amide bonds. The first-order valence-corrected chi connectivity index (χ1v) is 3.88. The zero-order valence-electron chi connectivity index (χ0n) is 4.20. The molecule has 0 aromatic rings. The molecule has 1 heterocycles. The van der Waals surface area contributed by atoms with Gasteiger partial charge in [-0.15, -0.1) is 12.4 Å². The summed E-state index contributed by atoms with van der Waals surface area (Å²) in [6, 6.07) is 0. The first-order valence-electron chi connectivity index (χ1n) is 2.06. The molecule has 0 aromatic carbocycles. The van der Waals surface area contributed by atoms with E-state index in [0.29, 0.717) is 0 Å². The Morgan fingerprint density at radius 3 is 1.62 bits per heavy atom. The Balaban J connectivity index is 0.000000490. The summed E-state index contributed by atoms with van der Waals surface area (Å²) in [7, 11) is -2.66. The average Bonchev–Trinajstić information content (AvgIpc) is 1.84. The van der Waals surface area contributed by atoms with Crippen LogP contribution in [0.15, 0.2) is 12.2 Å². The highest BCUT2D eigenvalue weighted by Crippen LogP contribution is 1.98. The van der Waals surface area contributed by atoms with Gasteiger partial charge in [0.2, 0.25) is 0 Å². The Bertz CT molecular complexity index is 166. The minimum atomic E-state index is -2.66. The van der Waals surface area contributed by atoms with E-state index >= 15 is 0 Å². The van der Waals surface area contributed by atoms with Crippen LogP contribution in [0, 0.1) is 0 Å². The highest BCUT2D eigenvalue weighted by Gasteiger charge is 2.09. The van der Waals surface area contributed by atoms with Crippen LogP contribution in [-0.2, 0) is 9.84 Å². The van der Waals surface area contributed by atoms with Gasteiger partial charge in [0.1, 0.15) is 0 Å². The first kappa shape index (κ1) is 7.98. The highest BCUT2D eigenvalue weighted by molar-refractivity contribution is 7.91. The zero-order chi connectivity index (χ0) is 5.33. The Hall–Kier alpha value is -0.0200.